The minimum absolute atomic E-state index is 0.0224. The van der Waals surface area contributed by atoms with Gasteiger partial charge in [0, 0.05) is 19.6 Å². The third kappa shape index (κ3) is 4.99. The molecular formula is C23H34N2O5. The fraction of sp³-hybridized carbons (Fsp3) is 0.652. The molecule has 30 heavy (non-hydrogen) atoms. The van der Waals surface area contributed by atoms with Crippen LogP contribution >= 0.6 is 0 Å². The van der Waals surface area contributed by atoms with Gasteiger partial charge in [0.25, 0.3) is 0 Å². The number of amides is 2. The van der Waals surface area contributed by atoms with Crippen LogP contribution in [0.3, 0.4) is 0 Å². The van der Waals surface area contributed by atoms with E-state index < -0.39 is 5.60 Å². The summed E-state index contributed by atoms with van der Waals surface area (Å²) in [5, 5.41) is 0. The van der Waals surface area contributed by atoms with Crippen LogP contribution in [0, 0.1) is 5.92 Å². The summed E-state index contributed by atoms with van der Waals surface area (Å²) in [4.78, 5) is 29.5. The topological polar surface area (TPSA) is 68.3 Å². The molecule has 1 aromatic carbocycles. The van der Waals surface area contributed by atoms with Gasteiger partial charge in [-0.05, 0) is 64.2 Å². The van der Waals surface area contributed by atoms with E-state index in [0.29, 0.717) is 24.6 Å². The molecule has 166 valence electrons. The van der Waals surface area contributed by atoms with Crippen molar-refractivity contribution in [3.8, 4) is 11.5 Å². The monoisotopic (exact) mass is 418 g/mol. The lowest BCUT2D eigenvalue weighted by Gasteiger charge is -2.36. The van der Waals surface area contributed by atoms with Crippen LogP contribution in [0.4, 0.5) is 4.79 Å². The average molecular weight is 419 g/mol. The van der Waals surface area contributed by atoms with Gasteiger partial charge in [-0.15, -0.1) is 0 Å². The molecule has 2 aliphatic rings. The molecule has 2 aliphatic heterocycles. The van der Waals surface area contributed by atoms with E-state index in [0.717, 1.165) is 37.8 Å². The Balaban J connectivity index is 1.71. The molecular weight excluding hydrogens is 384 g/mol. The molecule has 2 fully saturated rings. The molecule has 1 aromatic rings. The molecule has 0 saturated carbocycles. The molecule has 0 radical (unpaired) electrons. The predicted molar refractivity (Wildman–Crippen MR) is 114 cm³/mol. The summed E-state index contributed by atoms with van der Waals surface area (Å²) in [6, 6.07) is 5.88. The van der Waals surface area contributed by atoms with Gasteiger partial charge in [-0.1, -0.05) is 6.07 Å². The molecule has 0 bridgehead atoms. The lowest BCUT2D eigenvalue weighted by molar-refractivity contribution is -0.138. The zero-order valence-electron chi connectivity index (χ0n) is 18.8. The second kappa shape index (κ2) is 9.14. The van der Waals surface area contributed by atoms with Crippen molar-refractivity contribution in [3.05, 3.63) is 23.8 Å². The second-order valence-corrected chi connectivity index (χ2v) is 9.07. The Morgan fingerprint density at radius 1 is 1.00 bits per heavy atom. The number of likely N-dealkylation sites (tertiary alicyclic amines) is 2. The molecule has 7 heteroatoms. The predicted octanol–water partition coefficient (Wildman–Crippen LogP) is 4.01. The van der Waals surface area contributed by atoms with Crippen molar-refractivity contribution < 1.29 is 23.8 Å². The van der Waals surface area contributed by atoms with Crippen molar-refractivity contribution in [3.63, 3.8) is 0 Å². The zero-order valence-corrected chi connectivity index (χ0v) is 18.8. The number of benzene rings is 1. The number of hydrogen-bond acceptors (Lipinski definition) is 5. The van der Waals surface area contributed by atoms with Crippen molar-refractivity contribution in [2.75, 3.05) is 33.9 Å². The van der Waals surface area contributed by atoms with Crippen LogP contribution < -0.4 is 9.47 Å². The fourth-order valence-electron chi connectivity index (χ4n) is 4.34. The van der Waals surface area contributed by atoms with E-state index in [1.807, 2.05) is 43.9 Å². The number of carbonyl (C=O) groups is 2. The number of piperidine rings is 1. The molecule has 0 spiro atoms. The molecule has 2 saturated heterocycles. The first-order valence-corrected chi connectivity index (χ1v) is 10.7. The molecule has 3 rings (SSSR count). The lowest BCUT2D eigenvalue weighted by Crippen LogP contribution is -2.47. The quantitative estimate of drug-likeness (QED) is 0.739. The Labute approximate surface area is 179 Å². The molecule has 7 nitrogen and oxygen atoms in total. The number of ether oxygens (including phenoxy) is 3. The first kappa shape index (κ1) is 22.2. The van der Waals surface area contributed by atoms with Gasteiger partial charge >= 0.3 is 6.09 Å². The zero-order chi connectivity index (χ0) is 21.9. The van der Waals surface area contributed by atoms with Gasteiger partial charge in [-0.2, -0.15) is 0 Å². The highest BCUT2D eigenvalue weighted by Gasteiger charge is 2.37. The summed E-state index contributed by atoms with van der Waals surface area (Å²) >= 11 is 0. The molecule has 2 atom stereocenters. The average Bonchev–Trinajstić information content (AvgIpc) is 3.21. The Morgan fingerprint density at radius 2 is 1.70 bits per heavy atom. The van der Waals surface area contributed by atoms with Crippen LogP contribution in [0.2, 0.25) is 0 Å². The van der Waals surface area contributed by atoms with Crippen molar-refractivity contribution in [2.24, 2.45) is 5.92 Å². The first-order chi connectivity index (χ1) is 14.2. The second-order valence-electron chi connectivity index (χ2n) is 9.07. The third-order valence-electron chi connectivity index (χ3n) is 5.75. The van der Waals surface area contributed by atoms with E-state index in [9.17, 15) is 9.59 Å². The SMILES string of the molecule is COc1ccc([C@@H]2CCCN2C(=O)[C@@H]2CCCN(C(=O)OC(C)(C)C)C2)cc1OC. The van der Waals surface area contributed by atoms with E-state index in [1.165, 1.54) is 0 Å². The van der Waals surface area contributed by atoms with Gasteiger partial charge in [-0.25, -0.2) is 4.79 Å². The van der Waals surface area contributed by atoms with E-state index in [-0.39, 0.29) is 24.0 Å². The summed E-state index contributed by atoms with van der Waals surface area (Å²) < 4.78 is 16.3. The van der Waals surface area contributed by atoms with Gasteiger partial charge in [0.15, 0.2) is 11.5 Å². The molecule has 0 aliphatic carbocycles. The number of hydrogen-bond donors (Lipinski definition) is 0. The summed E-state index contributed by atoms with van der Waals surface area (Å²) in [5.41, 5.74) is 0.514. The maximum absolute atomic E-state index is 13.4. The summed E-state index contributed by atoms with van der Waals surface area (Å²) in [5.74, 6) is 1.29. The Hall–Kier alpha value is -2.44. The molecule has 0 unspecified atom stereocenters. The lowest BCUT2D eigenvalue weighted by atomic mass is 9.95. The third-order valence-corrected chi connectivity index (χ3v) is 5.75. The maximum atomic E-state index is 13.4. The Kier molecular flexibility index (Phi) is 6.78. The standard InChI is InChI=1S/C23H34N2O5/c1-23(2,3)30-22(27)24-12-6-8-17(15-24)21(26)25-13-7-9-18(25)16-10-11-19(28-4)20(14-16)29-5/h10-11,14,17-18H,6-9,12-13,15H2,1-5H3/t17-,18+/m1/s1. The summed E-state index contributed by atoms with van der Waals surface area (Å²) in [6.07, 6.45) is 3.16. The molecule has 0 aromatic heterocycles. The fourth-order valence-corrected chi connectivity index (χ4v) is 4.34. The van der Waals surface area contributed by atoms with Crippen LogP contribution in [0.25, 0.3) is 0 Å². The van der Waals surface area contributed by atoms with E-state index >= 15 is 0 Å². The van der Waals surface area contributed by atoms with Crippen molar-refractivity contribution in [1.82, 2.24) is 9.80 Å². The van der Waals surface area contributed by atoms with Crippen LogP contribution in [0.5, 0.6) is 11.5 Å². The first-order valence-electron chi connectivity index (χ1n) is 10.7. The van der Waals surface area contributed by atoms with Gasteiger partial charge in [0.05, 0.1) is 26.2 Å². The maximum Gasteiger partial charge on any atom is 0.410 e. The highest BCUT2D eigenvalue weighted by molar-refractivity contribution is 5.81. The summed E-state index contributed by atoms with van der Waals surface area (Å²) in [7, 11) is 3.23. The number of rotatable bonds is 4. The van der Waals surface area contributed by atoms with Gasteiger partial charge in [0.1, 0.15) is 5.60 Å². The molecule has 2 amide bonds. The van der Waals surface area contributed by atoms with Crippen molar-refractivity contribution in [1.29, 1.82) is 0 Å². The minimum atomic E-state index is -0.540. The van der Waals surface area contributed by atoms with E-state index in [1.54, 1.807) is 19.1 Å². The Morgan fingerprint density at radius 3 is 2.37 bits per heavy atom. The van der Waals surface area contributed by atoms with Crippen molar-refractivity contribution in [2.45, 2.75) is 58.1 Å². The smallest absolute Gasteiger partial charge is 0.410 e. The normalized spacial score (nSPS) is 22.0. The molecule has 2 heterocycles. The number of carbonyl (C=O) groups excluding carboxylic acids is 2. The molecule has 0 N–H and O–H groups in total. The number of methoxy groups -OCH3 is 2. The van der Waals surface area contributed by atoms with Crippen LogP contribution in [-0.4, -0.2) is 61.3 Å². The number of nitrogens with zero attached hydrogens (tertiary/aromatic N) is 2. The van der Waals surface area contributed by atoms with E-state index in [4.69, 9.17) is 14.2 Å². The van der Waals surface area contributed by atoms with Gasteiger partial charge < -0.3 is 24.0 Å². The van der Waals surface area contributed by atoms with Crippen LogP contribution in [0.1, 0.15) is 58.1 Å². The van der Waals surface area contributed by atoms with Crippen LogP contribution in [-0.2, 0) is 9.53 Å². The van der Waals surface area contributed by atoms with Gasteiger partial charge in [0.2, 0.25) is 5.91 Å². The summed E-state index contributed by atoms with van der Waals surface area (Å²) in [6.45, 7) is 7.36. The van der Waals surface area contributed by atoms with Crippen LogP contribution in [0.15, 0.2) is 18.2 Å². The minimum Gasteiger partial charge on any atom is -0.493 e. The Bertz CT molecular complexity index is 773. The van der Waals surface area contributed by atoms with Crippen molar-refractivity contribution >= 4 is 12.0 Å². The van der Waals surface area contributed by atoms with Gasteiger partial charge in [-0.3, -0.25) is 4.79 Å². The highest BCUT2D eigenvalue weighted by atomic mass is 16.6. The highest BCUT2D eigenvalue weighted by Crippen LogP contribution is 2.38. The van der Waals surface area contributed by atoms with E-state index in [2.05, 4.69) is 0 Å². The largest absolute Gasteiger partial charge is 0.493 e.